The summed E-state index contributed by atoms with van der Waals surface area (Å²) in [5.74, 6) is -1.24. The molecule has 0 spiro atoms. The van der Waals surface area contributed by atoms with E-state index in [-0.39, 0.29) is 11.9 Å². The van der Waals surface area contributed by atoms with Gasteiger partial charge in [0.2, 0.25) is 0 Å². The molecule has 2 atom stereocenters. The van der Waals surface area contributed by atoms with Crippen LogP contribution in [0.4, 0.5) is 0 Å². The molecule has 5 nitrogen and oxygen atoms in total. The summed E-state index contributed by atoms with van der Waals surface area (Å²) in [5.41, 5.74) is 0.428. The molecule has 1 aromatic rings. The van der Waals surface area contributed by atoms with Gasteiger partial charge in [-0.25, -0.2) is 4.79 Å². The van der Waals surface area contributed by atoms with Crippen LogP contribution in [0.1, 0.15) is 23.2 Å². The van der Waals surface area contributed by atoms with E-state index in [0.717, 1.165) is 6.42 Å². The van der Waals surface area contributed by atoms with Crippen molar-refractivity contribution in [1.82, 2.24) is 9.80 Å². The van der Waals surface area contributed by atoms with E-state index in [1.54, 1.807) is 24.3 Å². The van der Waals surface area contributed by atoms with Gasteiger partial charge in [-0.15, -0.1) is 0 Å². The van der Waals surface area contributed by atoms with E-state index in [0.29, 0.717) is 23.6 Å². The Labute approximate surface area is 129 Å². The summed E-state index contributed by atoms with van der Waals surface area (Å²) < 4.78 is 0. The van der Waals surface area contributed by atoms with E-state index < -0.39 is 12.0 Å². The van der Waals surface area contributed by atoms with E-state index in [2.05, 4.69) is 0 Å². The molecule has 1 saturated heterocycles. The maximum atomic E-state index is 12.5. The van der Waals surface area contributed by atoms with Gasteiger partial charge in [0.05, 0.1) is 0 Å². The fourth-order valence-corrected chi connectivity index (χ4v) is 2.87. The molecule has 2 rings (SSSR count). The molecule has 1 heterocycles. The highest BCUT2D eigenvalue weighted by Gasteiger charge is 2.37. The van der Waals surface area contributed by atoms with E-state index in [9.17, 15) is 14.7 Å². The number of rotatable bonds is 3. The number of halogens is 1. The van der Waals surface area contributed by atoms with E-state index in [1.807, 2.05) is 19.0 Å². The molecule has 21 heavy (non-hydrogen) atoms. The third kappa shape index (κ3) is 3.54. The third-order valence-corrected chi connectivity index (χ3v) is 4.16. The maximum absolute atomic E-state index is 12.5. The van der Waals surface area contributed by atoms with Crippen LogP contribution in [-0.4, -0.2) is 59.5 Å². The second kappa shape index (κ2) is 6.45. The number of hydrogen-bond donors (Lipinski definition) is 1. The lowest BCUT2D eigenvalue weighted by atomic mass is 9.95. The first-order valence-corrected chi connectivity index (χ1v) is 7.23. The van der Waals surface area contributed by atoms with Gasteiger partial charge in [-0.2, -0.15) is 0 Å². The van der Waals surface area contributed by atoms with E-state index in [4.69, 9.17) is 11.6 Å². The number of nitrogens with zero attached hydrogens (tertiary/aromatic N) is 2. The summed E-state index contributed by atoms with van der Waals surface area (Å²) in [5, 5.41) is 9.89. The Bertz CT molecular complexity index is 547. The molecular weight excluding hydrogens is 292 g/mol. The molecule has 0 bridgehead atoms. The molecule has 1 aliphatic rings. The van der Waals surface area contributed by atoms with Crippen LogP contribution in [0.25, 0.3) is 0 Å². The van der Waals surface area contributed by atoms with Crippen molar-refractivity contribution in [3.05, 3.63) is 34.9 Å². The zero-order chi connectivity index (χ0) is 15.6. The molecule has 6 heteroatoms. The monoisotopic (exact) mass is 310 g/mol. The highest BCUT2D eigenvalue weighted by atomic mass is 35.5. The van der Waals surface area contributed by atoms with Gasteiger partial charge in [0.15, 0.2) is 0 Å². The standard InChI is InChI=1S/C15H19ClN2O3/c1-17(2)12-6-7-18(13(9-12)15(20)21)14(19)10-4-3-5-11(16)8-10/h3-5,8,12-13H,6-7,9H2,1-2H3,(H,20,21). The molecule has 114 valence electrons. The van der Waals surface area contributed by atoms with Crippen LogP contribution in [0.15, 0.2) is 24.3 Å². The fourth-order valence-electron chi connectivity index (χ4n) is 2.68. The lowest BCUT2D eigenvalue weighted by molar-refractivity contribution is -0.144. The number of benzene rings is 1. The fraction of sp³-hybridized carbons (Fsp3) is 0.467. The maximum Gasteiger partial charge on any atom is 0.326 e. The molecule has 1 aromatic carbocycles. The second-order valence-electron chi connectivity index (χ2n) is 5.50. The van der Waals surface area contributed by atoms with Gasteiger partial charge in [0.25, 0.3) is 5.91 Å². The molecule has 0 saturated carbocycles. The molecule has 0 radical (unpaired) electrons. The second-order valence-corrected chi connectivity index (χ2v) is 5.94. The topological polar surface area (TPSA) is 60.9 Å². The van der Waals surface area contributed by atoms with Crippen LogP contribution in [0.5, 0.6) is 0 Å². The van der Waals surface area contributed by atoms with Crippen molar-refractivity contribution in [2.45, 2.75) is 24.9 Å². The average molecular weight is 311 g/mol. The molecule has 1 N–H and O–H groups in total. The molecule has 1 amide bonds. The Hall–Kier alpha value is -1.59. The van der Waals surface area contributed by atoms with E-state index >= 15 is 0 Å². The summed E-state index contributed by atoms with van der Waals surface area (Å²) in [7, 11) is 3.86. The first-order chi connectivity index (χ1) is 9.90. The van der Waals surface area contributed by atoms with Crippen molar-refractivity contribution in [3.8, 4) is 0 Å². The predicted molar refractivity (Wildman–Crippen MR) is 80.6 cm³/mol. The van der Waals surface area contributed by atoms with Gasteiger partial charge in [-0.05, 0) is 45.1 Å². The first kappa shape index (κ1) is 15.8. The van der Waals surface area contributed by atoms with Crippen molar-refractivity contribution in [1.29, 1.82) is 0 Å². The minimum atomic E-state index is -0.961. The van der Waals surface area contributed by atoms with Crippen molar-refractivity contribution < 1.29 is 14.7 Å². The highest BCUT2D eigenvalue weighted by molar-refractivity contribution is 6.31. The van der Waals surface area contributed by atoms with Gasteiger partial charge in [0, 0.05) is 23.2 Å². The number of amides is 1. The van der Waals surface area contributed by atoms with Crippen LogP contribution in [-0.2, 0) is 4.79 Å². The van der Waals surface area contributed by atoms with Crippen molar-refractivity contribution in [2.24, 2.45) is 0 Å². The Kier molecular flexibility index (Phi) is 4.85. The van der Waals surface area contributed by atoms with Gasteiger partial charge in [-0.1, -0.05) is 17.7 Å². The largest absolute Gasteiger partial charge is 0.480 e. The van der Waals surface area contributed by atoms with Gasteiger partial charge >= 0.3 is 5.97 Å². The highest BCUT2D eigenvalue weighted by Crippen LogP contribution is 2.23. The predicted octanol–water partition coefficient (Wildman–Crippen LogP) is 1.96. The molecule has 0 aromatic heterocycles. The van der Waals surface area contributed by atoms with Gasteiger partial charge in [0.1, 0.15) is 6.04 Å². The summed E-state index contributed by atoms with van der Waals surface area (Å²) >= 11 is 5.90. The quantitative estimate of drug-likeness (QED) is 0.927. The Morgan fingerprint density at radius 2 is 2.10 bits per heavy atom. The van der Waals surface area contributed by atoms with Crippen molar-refractivity contribution >= 4 is 23.5 Å². The molecular formula is C15H19ClN2O3. The van der Waals surface area contributed by atoms with Gasteiger partial charge < -0.3 is 14.9 Å². The molecule has 1 aliphatic heterocycles. The number of carboxylic acids is 1. The normalized spacial score (nSPS) is 22.4. The lowest BCUT2D eigenvalue weighted by Crippen LogP contribution is -2.53. The number of carbonyl (C=O) groups is 2. The van der Waals surface area contributed by atoms with Crippen LogP contribution < -0.4 is 0 Å². The Balaban J connectivity index is 2.21. The van der Waals surface area contributed by atoms with Crippen molar-refractivity contribution in [2.75, 3.05) is 20.6 Å². The lowest BCUT2D eigenvalue weighted by Gasteiger charge is -2.39. The minimum Gasteiger partial charge on any atom is -0.480 e. The Morgan fingerprint density at radius 1 is 1.38 bits per heavy atom. The summed E-state index contributed by atoms with van der Waals surface area (Å²) in [4.78, 5) is 27.5. The molecule has 0 aliphatic carbocycles. The first-order valence-electron chi connectivity index (χ1n) is 6.86. The number of carboxylic acid groups (broad SMARTS) is 1. The smallest absolute Gasteiger partial charge is 0.326 e. The van der Waals surface area contributed by atoms with Crippen LogP contribution in [0.2, 0.25) is 5.02 Å². The Morgan fingerprint density at radius 3 is 2.67 bits per heavy atom. The number of likely N-dealkylation sites (tertiary alicyclic amines) is 1. The summed E-state index contributed by atoms with van der Waals surface area (Å²) in [6.07, 6.45) is 1.21. The zero-order valence-electron chi connectivity index (χ0n) is 12.1. The van der Waals surface area contributed by atoms with Crippen LogP contribution >= 0.6 is 11.6 Å². The number of piperidine rings is 1. The zero-order valence-corrected chi connectivity index (χ0v) is 12.9. The summed E-state index contributed by atoms with van der Waals surface area (Å²) in [6.45, 7) is 0.436. The number of carbonyl (C=O) groups excluding carboxylic acids is 1. The SMILES string of the molecule is CN(C)C1CCN(C(=O)c2cccc(Cl)c2)C(C(=O)O)C1. The number of aliphatic carboxylic acids is 1. The van der Waals surface area contributed by atoms with Gasteiger partial charge in [-0.3, -0.25) is 4.79 Å². The van der Waals surface area contributed by atoms with E-state index in [1.165, 1.54) is 4.90 Å². The third-order valence-electron chi connectivity index (χ3n) is 3.92. The molecule has 2 unspecified atom stereocenters. The van der Waals surface area contributed by atoms with Crippen LogP contribution in [0.3, 0.4) is 0 Å². The minimum absolute atomic E-state index is 0.175. The summed E-state index contributed by atoms with van der Waals surface area (Å²) in [6, 6.07) is 5.99. The number of hydrogen-bond acceptors (Lipinski definition) is 3. The molecule has 1 fully saturated rings. The van der Waals surface area contributed by atoms with Crippen molar-refractivity contribution in [3.63, 3.8) is 0 Å². The van der Waals surface area contributed by atoms with Crippen LogP contribution in [0, 0.1) is 0 Å². The average Bonchev–Trinajstić information content (AvgIpc) is 2.45.